The molecule has 0 amide bonds. The number of sulfonamides is 1. The summed E-state index contributed by atoms with van der Waals surface area (Å²) in [5.41, 5.74) is 7.94. The second-order valence-electron chi connectivity index (χ2n) is 5.37. The van der Waals surface area contributed by atoms with Gasteiger partial charge in [0.15, 0.2) is 0 Å². The maximum Gasteiger partial charge on any atom is 0.245 e. The van der Waals surface area contributed by atoms with Gasteiger partial charge in [0, 0.05) is 23.6 Å². The minimum Gasteiger partial charge on any atom is -0.397 e. The number of hydrogen-bond donors (Lipinski definition) is 1. The molecule has 1 aromatic carbocycles. The van der Waals surface area contributed by atoms with E-state index in [9.17, 15) is 8.42 Å². The van der Waals surface area contributed by atoms with Crippen molar-refractivity contribution in [2.45, 2.75) is 43.9 Å². The molecule has 1 aliphatic rings. The van der Waals surface area contributed by atoms with E-state index in [2.05, 4.69) is 6.92 Å². The summed E-state index contributed by atoms with van der Waals surface area (Å²) in [6, 6.07) is 3.67. The Hall–Kier alpha value is -0.720. The molecule has 1 fully saturated rings. The van der Waals surface area contributed by atoms with Crippen molar-refractivity contribution < 1.29 is 8.42 Å². The van der Waals surface area contributed by atoms with Gasteiger partial charge in [-0.15, -0.1) is 0 Å². The molecular formula is C14H22N2O2S2. The molecule has 1 aromatic rings. The van der Waals surface area contributed by atoms with Gasteiger partial charge in [-0.1, -0.05) is 19.1 Å². The average Bonchev–Trinajstić information content (AvgIpc) is 2.37. The lowest BCUT2D eigenvalue weighted by Crippen LogP contribution is -2.48. The largest absolute Gasteiger partial charge is 0.397 e. The van der Waals surface area contributed by atoms with E-state index in [4.69, 9.17) is 5.73 Å². The molecule has 2 atom stereocenters. The Labute approximate surface area is 125 Å². The number of hydrogen-bond acceptors (Lipinski definition) is 4. The lowest BCUT2D eigenvalue weighted by molar-refractivity contribution is 0.340. The third-order valence-electron chi connectivity index (χ3n) is 4.00. The van der Waals surface area contributed by atoms with Crippen molar-refractivity contribution >= 4 is 27.5 Å². The number of aryl methyl sites for hydroxylation is 2. The smallest absolute Gasteiger partial charge is 0.245 e. The monoisotopic (exact) mass is 314 g/mol. The Morgan fingerprint density at radius 1 is 1.25 bits per heavy atom. The minimum atomic E-state index is -3.53. The van der Waals surface area contributed by atoms with Gasteiger partial charge in [0.2, 0.25) is 10.0 Å². The standard InChI is InChI=1S/C14H22N2O2S2/c1-9-5-6-10(2)14(13(9)15)20(17,18)16-7-8-19-12(4)11(16)3/h5-6,11-12H,7-8,15H2,1-4H3. The van der Waals surface area contributed by atoms with Crippen LogP contribution in [0.4, 0.5) is 5.69 Å². The summed E-state index contributed by atoms with van der Waals surface area (Å²) < 4.78 is 27.6. The first-order valence-corrected chi connectivity index (χ1v) is 9.25. The molecule has 0 radical (unpaired) electrons. The first-order chi connectivity index (χ1) is 9.26. The number of nitrogens with zero attached hydrogens (tertiary/aromatic N) is 1. The maximum absolute atomic E-state index is 13.0. The van der Waals surface area contributed by atoms with E-state index >= 15 is 0 Å². The molecule has 2 rings (SSSR count). The molecule has 1 saturated heterocycles. The molecule has 0 bridgehead atoms. The van der Waals surface area contributed by atoms with Crippen LogP contribution in [0.15, 0.2) is 17.0 Å². The van der Waals surface area contributed by atoms with E-state index in [-0.39, 0.29) is 10.9 Å². The minimum absolute atomic E-state index is 0.0157. The van der Waals surface area contributed by atoms with Crippen LogP contribution in [-0.4, -0.2) is 36.3 Å². The fourth-order valence-corrected chi connectivity index (χ4v) is 5.90. The van der Waals surface area contributed by atoms with Crippen molar-refractivity contribution in [2.75, 3.05) is 18.0 Å². The van der Waals surface area contributed by atoms with Gasteiger partial charge in [-0.2, -0.15) is 16.1 Å². The fraction of sp³-hybridized carbons (Fsp3) is 0.571. The van der Waals surface area contributed by atoms with E-state index in [0.29, 0.717) is 23.0 Å². The Balaban J connectivity index is 2.53. The quantitative estimate of drug-likeness (QED) is 0.852. The predicted molar refractivity (Wildman–Crippen MR) is 85.6 cm³/mol. The molecule has 0 aromatic heterocycles. The topological polar surface area (TPSA) is 63.4 Å². The summed E-state index contributed by atoms with van der Waals surface area (Å²) in [6.45, 7) is 8.23. The molecule has 6 heteroatoms. The Kier molecular flexibility index (Phi) is 4.37. The highest BCUT2D eigenvalue weighted by Crippen LogP contribution is 2.34. The van der Waals surface area contributed by atoms with E-state index in [0.717, 1.165) is 11.3 Å². The molecule has 2 unspecified atom stereocenters. The van der Waals surface area contributed by atoms with E-state index in [1.165, 1.54) is 0 Å². The van der Waals surface area contributed by atoms with Gasteiger partial charge in [-0.05, 0) is 31.9 Å². The van der Waals surface area contributed by atoms with Crippen molar-refractivity contribution in [2.24, 2.45) is 0 Å². The van der Waals surface area contributed by atoms with Gasteiger partial charge in [0.25, 0.3) is 0 Å². The molecule has 1 aliphatic heterocycles. The summed E-state index contributed by atoms with van der Waals surface area (Å²) in [6.07, 6.45) is 0. The lowest BCUT2D eigenvalue weighted by Gasteiger charge is -2.37. The molecule has 112 valence electrons. The van der Waals surface area contributed by atoms with Crippen molar-refractivity contribution in [1.29, 1.82) is 0 Å². The zero-order valence-electron chi connectivity index (χ0n) is 12.4. The summed E-state index contributed by atoms with van der Waals surface area (Å²) >= 11 is 1.82. The van der Waals surface area contributed by atoms with Gasteiger partial charge in [-0.3, -0.25) is 0 Å². The van der Waals surface area contributed by atoms with Crippen LogP contribution in [0.25, 0.3) is 0 Å². The van der Waals surface area contributed by atoms with Crippen LogP contribution in [-0.2, 0) is 10.0 Å². The average molecular weight is 314 g/mol. The van der Waals surface area contributed by atoms with Gasteiger partial charge in [-0.25, -0.2) is 8.42 Å². The number of benzene rings is 1. The van der Waals surface area contributed by atoms with Crippen molar-refractivity contribution in [3.05, 3.63) is 23.3 Å². The highest BCUT2D eigenvalue weighted by atomic mass is 32.2. The SMILES string of the molecule is Cc1ccc(C)c(S(=O)(=O)N2CCSC(C)C2C)c1N. The van der Waals surface area contributed by atoms with Crippen molar-refractivity contribution in [3.8, 4) is 0 Å². The molecular weight excluding hydrogens is 292 g/mol. The zero-order valence-corrected chi connectivity index (χ0v) is 14.0. The van der Waals surface area contributed by atoms with Crippen LogP contribution in [0.3, 0.4) is 0 Å². The van der Waals surface area contributed by atoms with Crippen LogP contribution in [0.1, 0.15) is 25.0 Å². The molecule has 1 heterocycles. The number of thioether (sulfide) groups is 1. The van der Waals surface area contributed by atoms with Crippen LogP contribution in [0.5, 0.6) is 0 Å². The Bertz CT molecular complexity index is 614. The van der Waals surface area contributed by atoms with Crippen molar-refractivity contribution in [1.82, 2.24) is 4.31 Å². The first kappa shape index (κ1) is 15.7. The highest BCUT2D eigenvalue weighted by Gasteiger charge is 2.36. The van der Waals surface area contributed by atoms with Gasteiger partial charge in [0.05, 0.1) is 5.69 Å². The Morgan fingerprint density at radius 2 is 1.85 bits per heavy atom. The third-order valence-corrected chi connectivity index (χ3v) is 7.53. The van der Waals surface area contributed by atoms with Crippen molar-refractivity contribution in [3.63, 3.8) is 0 Å². The van der Waals surface area contributed by atoms with Gasteiger partial charge in [0.1, 0.15) is 4.90 Å². The number of nitrogens with two attached hydrogens (primary N) is 1. The molecule has 4 nitrogen and oxygen atoms in total. The molecule has 0 saturated carbocycles. The lowest BCUT2D eigenvalue weighted by atomic mass is 10.1. The van der Waals surface area contributed by atoms with E-state index < -0.39 is 10.0 Å². The predicted octanol–water partition coefficient (Wildman–Crippen LogP) is 2.40. The summed E-state index contributed by atoms with van der Waals surface area (Å²) in [5.74, 6) is 0.829. The maximum atomic E-state index is 13.0. The van der Waals surface area contributed by atoms with Crippen LogP contribution < -0.4 is 5.73 Å². The normalized spacial score (nSPS) is 24.8. The van der Waals surface area contributed by atoms with Crippen LogP contribution >= 0.6 is 11.8 Å². The second kappa shape index (κ2) is 5.58. The third kappa shape index (κ3) is 2.56. The number of nitrogen functional groups attached to an aromatic ring is 1. The highest BCUT2D eigenvalue weighted by molar-refractivity contribution is 8.00. The molecule has 0 spiro atoms. The van der Waals surface area contributed by atoms with Gasteiger partial charge < -0.3 is 5.73 Å². The van der Waals surface area contributed by atoms with Crippen LogP contribution in [0.2, 0.25) is 0 Å². The number of anilines is 1. The Morgan fingerprint density at radius 3 is 2.50 bits per heavy atom. The summed E-state index contributed by atoms with van der Waals surface area (Å²) in [4.78, 5) is 0.281. The second-order valence-corrected chi connectivity index (χ2v) is 8.69. The molecule has 20 heavy (non-hydrogen) atoms. The molecule has 2 N–H and O–H groups in total. The summed E-state index contributed by atoms with van der Waals surface area (Å²) in [5, 5.41) is 0.296. The first-order valence-electron chi connectivity index (χ1n) is 6.76. The van der Waals surface area contributed by atoms with Gasteiger partial charge >= 0.3 is 0 Å². The van der Waals surface area contributed by atoms with Crippen LogP contribution in [0, 0.1) is 13.8 Å². The molecule has 0 aliphatic carbocycles. The number of rotatable bonds is 2. The van der Waals surface area contributed by atoms with E-state index in [1.54, 1.807) is 11.2 Å². The zero-order chi connectivity index (χ0) is 15.1. The fourth-order valence-electron chi connectivity index (χ4n) is 2.51. The summed E-state index contributed by atoms with van der Waals surface area (Å²) in [7, 11) is -3.53. The van der Waals surface area contributed by atoms with E-state index in [1.807, 2.05) is 37.7 Å².